The summed E-state index contributed by atoms with van der Waals surface area (Å²) in [7, 11) is 0. The minimum Gasteiger partial charge on any atom is -0.370 e. The molecule has 0 radical (unpaired) electrons. The fourth-order valence-electron chi connectivity index (χ4n) is 2.73. The molecule has 0 atom stereocenters. The number of rotatable bonds is 6. The number of aromatic nitrogens is 1. The molecule has 1 aliphatic heterocycles. The molecule has 2 heterocycles. The van der Waals surface area contributed by atoms with Crippen LogP contribution in [0.2, 0.25) is 0 Å². The van der Waals surface area contributed by atoms with Gasteiger partial charge in [-0.15, -0.1) is 0 Å². The van der Waals surface area contributed by atoms with Crippen molar-refractivity contribution in [2.75, 3.05) is 31.1 Å². The molecule has 4 heteroatoms. The van der Waals surface area contributed by atoms with E-state index in [4.69, 9.17) is 0 Å². The van der Waals surface area contributed by atoms with Gasteiger partial charge in [0.25, 0.3) is 5.91 Å². The summed E-state index contributed by atoms with van der Waals surface area (Å²) in [4.78, 5) is 20.9. The maximum atomic E-state index is 12.4. The van der Waals surface area contributed by atoms with Crippen LogP contribution in [0, 0.1) is 0 Å². The van der Waals surface area contributed by atoms with Crippen LogP contribution in [0.5, 0.6) is 0 Å². The number of anilines is 1. The van der Waals surface area contributed by atoms with Gasteiger partial charge in [-0.3, -0.25) is 9.78 Å². The summed E-state index contributed by atoms with van der Waals surface area (Å²) in [6, 6.07) is 2.00. The van der Waals surface area contributed by atoms with E-state index in [0.29, 0.717) is 0 Å². The monoisotopic (exact) mass is 275 g/mol. The molecule has 4 nitrogen and oxygen atoms in total. The standard InChI is InChI=1S/C16H25N3O/c1-3-7-18(8-4-2)15-11-14(12-17-13-15)16(20)19-9-5-6-10-19/h11-13H,3-10H2,1-2H3. The quantitative estimate of drug-likeness (QED) is 0.801. The van der Waals surface area contributed by atoms with Gasteiger partial charge in [0.1, 0.15) is 0 Å². The maximum Gasteiger partial charge on any atom is 0.255 e. The molecule has 0 aromatic carbocycles. The summed E-state index contributed by atoms with van der Waals surface area (Å²) in [6.45, 7) is 8.14. The van der Waals surface area contributed by atoms with Crippen molar-refractivity contribution in [1.82, 2.24) is 9.88 Å². The first kappa shape index (κ1) is 14.8. The molecule has 0 unspecified atom stereocenters. The molecule has 1 aliphatic rings. The zero-order valence-corrected chi connectivity index (χ0v) is 12.6. The first-order valence-electron chi connectivity index (χ1n) is 7.75. The summed E-state index contributed by atoms with van der Waals surface area (Å²) in [5.74, 6) is 0.129. The van der Waals surface area contributed by atoms with E-state index in [0.717, 1.165) is 63.1 Å². The number of hydrogen-bond acceptors (Lipinski definition) is 3. The van der Waals surface area contributed by atoms with Gasteiger partial charge in [-0.25, -0.2) is 0 Å². The fraction of sp³-hybridized carbons (Fsp3) is 0.625. The Hall–Kier alpha value is -1.58. The Bertz CT molecular complexity index is 435. The lowest BCUT2D eigenvalue weighted by atomic mass is 10.2. The Labute approximate surface area is 121 Å². The van der Waals surface area contributed by atoms with Crippen LogP contribution >= 0.6 is 0 Å². The van der Waals surface area contributed by atoms with Crippen molar-refractivity contribution in [2.24, 2.45) is 0 Å². The van der Waals surface area contributed by atoms with E-state index >= 15 is 0 Å². The maximum absolute atomic E-state index is 12.4. The van der Waals surface area contributed by atoms with E-state index < -0.39 is 0 Å². The van der Waals surface area contributed by atoms with Gasteiger partial charge in [0.15, 0.2) is 0 Å². The van der Waals surface area contributed by atoms with Gasteiger partial charge in [-0.1, -0.05) is 13.8 Å². The number of pyridine rings is 1. The van der Waals surface area contributed by atoms with Crippen LogP contribution in [-0.4, -0.2) is 42.0 Å². The predicted molar refractivity (Wildman–Crippen MR) is 82.2 cm³/mol. The summed E-state index contributed by atoms with van der Waals surface area (Å²) >= 11 is 0. The van der Waals surface area contributed by atoms with E-state index in [1.807, 2.05) is 17.2 Å². The third-order valence-electron chi connectivity index (χ3n) is 3.72. The molecule has 0 aliphatic carbocycles. The average molecular weight is 275 g/mol. The molecule has 1 amide bonds. The zero-order valence-electron chi connectivity index (χ0n) is 12.6. The van der Waals surface area contributed by atoms with Crippen molar-refractivity contribution in [3.63, 3.8) is 0 Å². The van der Waals surface area contributed by atoms with Crippen LogP contribution in [0.25, 0.3) is 0 Å². The lowest BCUT2D eigenvalue weighted by molar-refractivity contribution is 0.0792. The summed E-state index contributed by atoms with van der Waals surface area (Å²) < 4.78 is 0. The highest BCUT2D eigenvalue weighted by atomic mass is 16.2. The Kier molecular flexibility index (Phi) is 5.39. The number of likely N-dealkylation sites (tertiary alicyclic amines) is 1. The molecule has 1 fully saturated rings. The van der Waals surface area contributed by atoms with Gasteiger partial charge < -0.3 is 9.80 Å². The van der Waals surface area contributed by atoms with E-state index in [2.05, 4.69) is 23.7 Å². The lowest BCUT2D eigenvalue weighted by Gasteiger charge is -2.24. The zero-order chi connectivity index (χ0) is 14.4. The summed E-state index contributed by atoms with van der Waals surface area (Å²) in [6.07, 6.45) is 8.01. The van der Waals surface area contributed by atoms with Crippen LogP contribution in [0.1, 0.15) is 49.9 Å². The van der Waals surface area contributed by atoms with Gasteiger partial charge in [0, 0.05) is 32.4 Å². The van der Waals surface area contributed by atoms with Crippen molar-refractivity contribution in [3.05, 3.63) is 24.0 Å². The van der Waals surface area contributed by atoms with E-state index in [1.165, 1.54) is 0 Å². The van der Waals surface area contributed by atoms with Gasteiger partial charge in [0.2, 0.25) is 0 Å². The van der Waals surface area contributed by atoms with Crippen molar-refractivity contribution in [3.8, 4) is 0 Å². The van der Waals surface area contributed by atoms with Crippen LogP contribution < -0.4 is 4.90 Å². The number of amides is 1. The first-order valence-corrected chi connectivity index (χ1v) is 7.75. The molecule has 0 saturated carbocycles. The smallest absolute Gasteiger partial charge is 0.255 e. The highest BCUT2D eigenvalue weighted by Gasteiger charge is 2.20. The fourth-order valence-corrected chi connectivity index (χ4v) is 2.73. The van der Waals surface area contributed by atoms with Crippen molar-refractivity contribution >= 4 is 11.6 Å². The Morgan fingerprint density at radius 1 is 1.20 bits per heavy atom. The second-order valence-corrected chi connectivity index (χ2v) is 5.42. The molecular weight excluding hydrogens is 250 g/mol. The molecule has 0 N–H and O–H groups in total. The SMILES string of the molecule is CCCN(CCC)c1cncc(C(=O)N2CCCC2)c1. The molecule has 0 bridgehead atoms. The number of carbonyl (C=O) groups excluding carboxylic acids is 1. The molecule has 1 aromatic heterocycles. The molecule has 0 spiro atoms. The van der Waals surface area contributed by atoms with Crippen molar-refractivity contribution in [2.45, 2.75) is 39.5 Å². The second kappa shape index (κ2) is 7.27. The third-order valence-corrected chi connectivity index (χ3v) is 3.72. The molecule has 20 heavy (non-hydrogen) atoms. The molecule has 1 saturated heterocycles. The molecule has 110 valence electrons. The van der Waals surface area contributed by atoms with Crippen LogP contribution in [-0.2, 0) is 0 Å². The molecular formula is C16H25N3O. The first-order chi connectivity index (χ1) is 9.76. The normalized spacial score (nSPS) is 14.6. The molecule has 1 aromatic rings. The van der Waals surface area contributed by atoms with E-state index in [-0.39, 0.29) is 5.91 Å². The number of nitrogens with zero attached hydrogens (tertiary/aromatic N) is 3. The minimum atomic E-state index is 0.129. The van der Waals surface area contributed by atoms with Crippen LogP contribution in [0.4, 0.5) is 5.69 Å². The van der Waals surface area contributed by atoms with E-state index in [1.54, 1.807) is 6.20 Å². The summed E-state index contributed by atoms with van der Waals surface area (Å²) in [5, 5.41) is 0. The third kappa shape index (κ3) is 3.50. The van der Waals surface area contributed by atoms with Crippen molar-refractivity contribution < 1.29 is 4.79 Å². The van der Waals surface area contributed by atoms with Crippen LogP contribution in [0.15, 0.2) is 18.5 Å². The Morgan fingerprint density at radius 2 is 1.85 bits per heavy atom. The second-order valence-electron chi connectivity index (χ2n) is 5.42. The van der Waals surface area contributed by atoms with Gasteiger partial charge in [0.05, 0.1) is 17.4 Å². The Balaban J connectivity index is 2.15. The van der Waals surface area contributed by atoms with Gasteiger partial charge >= 0.3 is 0 Å². The number of carbonyl (C=O) groups is 1. The summed E-state index contributed by atoms with van der Waals surface area (Å²) in [5.41, 5.74) is 1.79. The lowest BCUT2D eigenvalue weighted by Crippen LogP contribution is -2.29. The highest BCUT2D eigenvalue weighted by molar-refractivity contribution is 5.94. The topological polar surface area (TPSA) is 36.4 Å². The van der Waals surface area contributed by atoms with Crippen molar-refractivity contribution in [1.29, 1.82) is 0 Å². The van der Waals surface area contributed by atoms with Crippen LogP contribution in [0.3, 0.4) is 0 Å². The highest BCUT2D eigenvalue weighted by Crippen LogP contribution is 2.18. The van der Waals surface area contributed by atoms with Gasteiger partial charge in [-0.05, 0) is 31.7 Å². The Morgan fingerprint density at radius 3 is 2.45 bits per heavy atom. The largest absolute Gasteiger partial charge is 0.370 e. The number of hydrogen-bond donors (Lipinski definition) is 0. The molecule has 2 rings (SSSR count). The predicted octanol–water partition coefficient (Wildman–Crippen LogP) is 2.94. The minimum absolute atomic E-state index is 0.129. The average Bonchev–Trinajstić information content (AvgIpc) is 3.00. The van der Waals surface area contributed by atoms with Gasteiger partial charge in [-0.2, -0.15) is 0 Å². The van der Waals surface area contributed by atoms with E-state index in [9.17, 15) is 4.79 Å².